The van der Waals surface area contributed by atoms with Crippen LogP contribution < -0.4 is 10.5 Å². The first-order valence-electron chi connectivity index (χ1n) is 12.0. The maximum absolute atomic E-state index is 13.4. The van der Waals surface area contributed by atoms with E-state index in [4.69, 9.17) is 14.6 Å². The molecule has 1 aromatic carbocycles. The topological polar surface area (TPSA) is 107 Å². The Bertz CT molecular complexity index is 1310. The number of ketones is 1. The molecule has 0 saturated carbocycles. The van der Waals surface area contributed by atoms with Gasteiger partial charge in [-0.3, -0.25) is 19.1 Å². The Morgan fingerprint density at radius 2 is 1.81 bits per heavy atom. The summed E-state index contributed by atoms with van der Waals surface area (Å²) in [7, 11) is 0. The number of Topliss-reactive ketones (excluding diaryl/α,β-unsaturated/α-hetero) is 1. The zero-order chi connectivity index (χ0) is 25.1. The number of hydrogen-bond acceptors (Lipinski definition) is 9. The highest BCUT2D eigenvalue weighted by Crippen LogP contribution is 2.39. The molecule has 0 bridgehead atoms. The van der Waals surface area contributed by atoms with Crippen molar-refractivity contribution in [2.75, 3.05) is 31.1 Å². The first-order chi connectivity index (χ1) is 17.5. The van der Waals surface area contributed by atoms with Crippen molar-refractivity contribution in [1.29, 1.82) is 0 Å². The number of carbonyl (C=O) groups excluding carboxylic acids is 2. The molecule has 1 spiro atoms. The number of benzene rings is 1. The highest BCUT2D eigenvalue weighted by atomic mass is 16.8. The van der Waals surface area contributed by atoms with Crippen molar-refractivity contribution in [3.05, 3.63) is 76.8 Å². The van der Waals surface area contributed by atoms with Gasteiger partial charge in [-0.15, -0.1) is 5.06 Å². The lowest BCUT2D eigenvalue weighted by atomic mass is 9.89. The maximum Gasteiger partial charge on any atom is 0.527 e. The molecule has 0 radical (unpaired) electrons. The molecule has 0 amide bonds. The monoisotopic (exact) mass is 489 g/mol. The van der Waals surface area contributed by atoms with E-state index in [-0.39, 0.29) is 24.5 Å². The zero-order valence-electron chi connectivity index (χ0n) is 20.0. The zero-order valence-corrected chi connectivity index (χ0v) is 20.0. The molecule has 2 aromatic heterocycles. The van der Waals surface area contributed by atoms with Crippen LogP contribution in [0.5, 0.6) is 0 Å². The molecule has 5 rings (SSSR count). The summed E-state index contributed by atoms with van der Waals surface area (Å²) in [6, 6.07) is 14.2. The van der Waals surface area contributed by atoms with Crippen molar-refractivity contribution in [1.82, 2.24) is 19.6 Å². The lowest BCUT2D eigenvalue weighted by Gasteiger charge is -2.45. The van der Waals surface area contributed by atoms with E-state index in [1.54, 1.807) is 53.2 Å². The van der Waals surface area contributed by atoms with Gasteiger partial charge < -0.3 is 14.5 Å². The summed E-state index contributed by atoms with van der Waals surface area (Å²) in [5.41, 5.74) is 1.12. The maximum atomic E-state index is 13.4. The molecule has 1 atom stereocenters. The van der Waals surface area contributed by atoms with Gasteiger partial charge in [-0.25, -0.2) is 9.78 Å². The summed E-state index contributed by atoms with van der Waals surface area (Å²) in [6.07, 6.45) is 3.76. The summed E-state index contributed by atoms with van der Waals surface area (Å²) in [5, 5.41) is 1.57. The van der Waals surface area contributed by atoms with E-state index in [0.717, 1.165) is 5.56 Å². The van der Waals surface area contributed by atoms with Crippen LogP contribution in [0.4, 0.5) is 10.7 Å². The number of hydroxylamine groups is 2. The van der Waals surface area contributed by atoms with Crippen LogP contribution in [0.3, 0.4) is 0 Å². The summed E-state index contributed by atoms with van der Waals surface area (Å²) in [4.78, 5) is 54.7. The fourth-order valence-electron chi connectivity index (χ4n) is 4.92. The smallest absolute Gasteiger partial charge is 0.433 e. The molecule has 10 heteroatoms. The van der Waals surface area contributed by atoms with Gasteiger partial charge in [0, 0.05) is 42.7 Å². The van der Waals surface area contributed by atoms with Crippen molar-refractivity contribution in [2.45, 2.75) is 31.8 Å². The van der Waals surface area contributed by atoms with Crippen LogP contribution in [-0.4, -0.2) is 63.3 Å². The van der Waals surface area contributed by atoms with Crippen LogP contribution in [-0.2, 0) is 16.1 Å². The molecule has 1 fully saturated rings. The molecule has 186 valence electrons. The van der Waals surface area contributed by atoms with Gasteiger partial charge in [-0.05, 0) is 31.9 Å². The lowest BCUT2D eigenvalue weighted by molar-refractivity contribution is -0.115. The second kappa shape index (κ2) is 9.90. The number of anilines is 1. The summed E-state index contributed by atoms with van der Waals surface area (Å²) in [6.45, 7) is 3.25. The van der Waals surface area contributed by atoms with Crippen LogP contribution in [0.15, 0.2) is 65.7 Å². The first-order valence-corrected chi connectivity index (χ1v) is 12.0. The minimum atomic E-state index is -0.757. The fraction of sp³-hybridized carbons (Fsp3) is 0.346. The molecule has 10 nitrogen and oxygen atoms in total. The number of hydrogen-bond donors (Lipinski definition) is 0. The highest BCUT2D eigenvalue weighted by molar-refractivity contribution is 5.99. The summed E-state index contributed by atoms with van der Waals surface area (Å²) in [5.74, 6) is 0.347. The second-order valence-electron chi connectivity index (χ2n) is 8.90. The Kier molecular flexibility index (Phi) is 6.51. The first kappa shape index (κ1) is 23.7. The molecule has 1 unspecified atom stereocenters. The number of fused-ring (bicyclic) bond motifs is 1. The van der Waals surface area contributed by atoms with Crippen LogP contribution in [0.2, 0.25) is 0 Å². The van der Waals surface area contributed by atoms with Crippen molar-refractivity contribution in [3.63, 3.8) is 0 Å². The molecular weight excluding hydrogens is 462 g/mol. The number of carbonyl (C=O) groups is 2. The van der Waals surface area contributed by atoms with Gasteiger partial charge in [-0.1, -0.05) is 30.3 Å². The van der Waals surface area contributed by atoms with Gasteiger partial charge in [-0.2, -0.15) is 0 Å². The number of rotatable bonds is 6. The summed E-state index contributed by atoms with van der Waals surface area (Å²) < 4.78 is 6.55. The van der Waals surface area contributed by atoms with Crippen LogP contribution in [0.1, 0.15) is 30.1 Å². The second-order valence-corrected chi connectivity index (χ2v) is 8.90. The van der Waals surface area contributed by atoms with Gasteiger partial charge >= 0.3 is 6.16 Å². The fourth-order valence-corrected chi connectivity index (χ4v) is 4.92. The quantitative estimate of drug-likeness (QED) is 0.382. The van der Waals surface area contributed by atoms with Gasteiger partial charge in [0.05, 0.1) is 30.9 Å². The van der Waals surface area contributed by atoms with E-state index in [2.05, 4.69) is 4.98 Å². The number of pyridine rings is 1. The van der Waals surface area contributed by atoms with Gasteiger partial charge in [0.15, 0.2) is 5.78 Å². The largest absolute Gasteiger partial charge is 0.527 e. The van der Waals surface area contributed by atoms with E-state index in [1.165, 1.54) is 6.07 Å². The van der Waals surface area contributed by atoms with Crippen molar-refractivity contribution in [3.8, 4) is 11.3 Å². The van der Waals surface area contributed by atoms with Crippen molar-refractivity contribution < 1.29 is 19.2 Å². The lowest BCUT2D eigenvalue weighted by Crippen LogP contribution is -2.58. The Hall–Kier alpha value is -4.05. The van der Waals surface area contributed by atoms with Gasteiger partial charge in [0.25, 0.3) is 5.56 Å². The molecule has 0 N–H and O–H groups in total. The van der Waals surface area contributed by atoms with E-state index in [0.29, 0.717) is 49.7 Å². The molecule has 3 aromatic rings. The minimum Gasteiger partial charge on any atom is -0.433 e. The third kappa shape index (κ3) is 4.59. The standard InChI is InChI=1S/C26H27N5O5/c1-2-35-25(34)36-29-14-10-26(18-29)11-15-30-23(33)16-21(19-8-12-27-13-9-19)28-24(30)31(26)17-22(32)20-6-4-3-5-7-20/h3-9,12-13,16H,2,10-11,14-15,17-18H2,1H3. The predicted molar refractivity (Wildman–Crippen MR) is 131 cm³/mol. The van der Waals surface area contributed by atoms with Crippen molar-refractivity contribution in [2.24, 2.45) is 0 Å². The Morgan fingerprint density at radius 1 is 1.06 bits per heavy atom. The van der Waals surface area contributed by atoms with E-state index in [1.807, 2.05) is 23.1 Å². The Morgan fingerprint density at radius 3 is 2.56 bits per heavy atom. The molecule has 0 aliphatic carbocycles. The molecule has 1 saturated heterocycles. The Labute approximate surface area is 208 Å². The normalized spacial score (nSPS) is 19.2. The van der Waals surface area contributed by atoms with Gasteiger partial charge in [0.2, 0.25) is 5.95 Å². The number of nitrogens with zero attached hydrogens (tertiary/aromatic N) is 5. The van der Waals surface area contributed by atoms with E-state index < -0.39 is 11.7 Å². The SMILES string of the molecule is CCOC(=O)ON1CCC2(CCn3c(nc(-c4ccncc4)cc3=O)N2CC(=O)c2ccccc2)C1. The third-order valence-corrected chi connectivity index (χ3v) is 6.74. The molecule has 4 heterocycles. The Balaban J connectivity index is 1.54. The molecular formula is C26H27N5O5. The average molecular weight is 490 g/mol. The number of ether oxygens (including phenoxy) is 1. The van der Waals surface area contributed by atoms with Crippen LogP contribution >= 0.6 is 0 Å². The third-order valence-electron chi connectivity index (χ3n) is 6.74. The predicted octanol–water partition coefficient (Wildman–Crippen LogP) is 2.93. The number of aromatic nitrogens is 3. The average Bonchev–Trinajstić information content (AvgIpc) is 3.29. The molecule has 2 aliphatic rings. The molecule has 36 heavy (non-hydrogen) atoms. The molecule has 2 aliphatic heterocycles. The van der Waals surface area contributed by atoms with Crippen molar-refractivity contribution >= 4 is 17.9 Å². The van der Waals surface area contributed by atoms with Gasteiger partial charge in [0.1, 0.15) is 0 Å². The highest BCUT2D eigenvalue weighted by Gasteiger charge is 2.49. The summed E-state index contributed by atoms with van der Waals surface area (Å²) >= 11 is 0. The van der Waals surface area contributed by atoms with Crippen LogP contribution in [0.25, 0.3) is 11.3 Å². The van der Waals surface area contributed by atoms with E-state index >= 15 is 0 Å². The minimum absolute atomic E-state index is 0.0312. The van der Waals surface area contributed by atoms with E-state index in [9.17, 15) is 14.4 Å². The van der Waals surface area contributed by atoms with Crippen LogP contribution in [0, 0.1) is 0 Å².